The molecule has 16 heavy (non-hydrogen) atoms. The maximum absolute atomic E-state index is 12.2. The summed E-state index contributed by atoms with van der Waals surface area (Å²) >= 11 is 3.38. The highest BCUT2D eigenvalue weighted by molar-refractivity contribution is 9.10. The van der Waals surface area contributed by atoms with Crippen LogP contribution < -0.4 is 0 Å². The summed E-state index contributed by atoms with van der Waals surface area (Å²) in [5.41, 5.74) is 1.87. The molecule has 0 bridgehead atoms. The molecule has 86 valence electrons. The van der Waals surface area contributed by atoms with Crippen molar-refractivity contribution < 1.29 is 9.90 Å². The van der Waals surface area contributed by atoms with Gasteiger partial charge in [0, 0.05) is 23.1 Å². The van der Waals surface area contributed by atoms with Crippen LogP contribution in [0, 0.1) is 0 Å². The zero-order valence-corrected chi connectivity index (χ0v) is 10.5. The van der Waals surface area contributed by atoms with Gasteiger partial charge < -0.3 is 10.0 Å². The van der Waals surface area contributed by atoms with Crippen molar-refractivity contribution in [3.05, 3.63) is 33.8 Å². The Balaban J connectivity index is 2.35. The minimum atomic E-state index is 0.0229. The first-order valence-electron chi connectivity index (χ1n) is 5.41. The van der Waals surface area contributed by atoms with Gasteiger partial charge in [-0.1, -0.05) is 22.0 Å². The molecule has 1 heterocycles. The van der Waals surface area contributed by atoms with Crippen LogP contribution in [0.3, 0.4) is 0 Å². The average molecular weight is 284 g/mol. The Kier molecular flexibility index (Phi) is 3.61. The lowest BCUT2D eigenvalue weighted by Crippen LogP contribution is -2.33. The number of benzene rings is 1. The van der Waals surface area contributed by atoms with Crippen molar-refractivity contribution in [1.82, 2.24) is 4.90 Å². The van der Waals surface area contributed by atoms with E-state index >= 15 is 0 Å². The second-order valence-corrected chi connectivity index (χ2v) is 4.84. The van der Waals surface area contributed by atoms with E-state index in [4.69, 9.17) is 5.11 Å². The highest BCUT2D eigenvalue weighted by Crippen LogP contribution is 2.22. The lowest BCUT2D eigenvalue weighted by atomic mass is 10.0. The molecule has 2 rings (SSSR count). The van der Waals surface area contributed by atoms with Crippen molar-refractivity contribution in [2.24, 2.45) is 0 Å². The molecule has 0 saturated carbocycles. The van der Waals surface area contributed by atoms with Crippen LogP contribution in [-0.4, -0.2) is 35.6 Å². The van der Waals surface area contributed by atoms with E-state index in [-0.39, 0.29) is 12.5 Å². The number of amides is 1. The highest BCUT2D eigenvalue weighted by atomic mass is 79.9. The van der Waals surface area contributed by atoms with Gasteiger partial charge in [0.25, 0.3) is 5.91 Å². The molecule has 1 amide bonds. The smallest absolute Gasteiger partial charge is 0.254 e. The molecule has 0 fully saturated rings. The van der Waals surface area contributed by atoms with Crippen LogP contribution in [0.5, 0.6) is 0 Å². The molecule has 0 aliphatic carbocycles. The van der Waals surface area contributed by atoms with Gasteiger partial charge in [-0.15, -0.1) is 0 Å². The Bertz CT molecular complexity index is 406. The molecule has 1 aromatic rings. The predicted octanol–water partition coefficient (Wildman–Crippen LogP) is 1.83. The SMILES string of the molecule is O=C1c2cc(Br)ccc2CCCN1CCO. The lowest BCUT2D eigenvalue weighted by molar-refractivity contribution is 0.0727. The minimum Gasteiger partial charge on any atom is -0.395 e. The van der Waals surface area contributed by atoms with Crippen molar-refractivity contribution >= 4 is 21.8 Å². The van der Waals surface area contributed by atoms with Gasteiger partial charge in [-0.3, -0.25) is 4.79 Å². The quantitative estimate of drug-likeness (QED) is 0.900. The number of carbonyl (C=O) groups excluding carboxylic acids is 1. The number of hydrogen-bond acceptors (Lipinski definition) is 2. The second-order valence-electron chi connectivity index (χ2n) is 3.92. The summed E-state index contributed by atoms with van der Waals surface area (Å²) in [5, 5.41) is 8.93. The summed E-state index contributed by atoms with van der Waals surface area (Å²) in [6.07, 6.45) is 1.89. The van der Waals surface area contributed by atoms with E-state index in [9.17, 15) is 4.79 Å². The number of fused-ring (bicyclic) bond motifs is 1. The molecule has 0 aromatic heterocycles. The van der Waals surface area contributed by atoms with E-state index in [2.05, 4.69) is 15.9 Å². The molecule has 1 N–H and O–H groups in total. The number of halogens is 1. The van der Waals surface area contributed by atoms with Crippen LogP contribution in [0.1, 0.15) is 22.3 Å². The Morgan fingerprint density at radius 3 is 3.00 bits per heavy atom. The van der Waals surface area contributed by atoms with Crippen molar-refractivity contribution in [2.45, 2.75) is 12.8 Å². The third kappa shape index (κ3) is 2.28. The number of rotatable bonds is 2. The van der Waals surface area contributed by atoms with Crippen LogP contribution >= 0.6 is 15.9 Å². The van der Waals surface area contributed by atoms with Crippen molar-refractivity contribution in [3.8, 4) is 0 Å². The lowest BCUT2D eigenvalue weighted by Gasteiger charge is -2.19. The Labute approximate surface area is 103 Å². The van der Waals surface area contributed by atoms with Gasteiger partial charge in [-0.2, -0.15) is 0 Å². The molecule has 1 aromatic carbocycles. The monoisotopic (exact) mass is 283 g/mol. The van der Waals surface area contributed by atoms with E-state index < -0.39 is 0 Å². The van der Waals surface area contributed by atoms with Crippen molar-refractivity contribution in [1.29, 1.82) is 0 Å². The Hall–Kier alpha value is -0.870. The van der Waals surface area contributed by atoms with Crippen molar-refractivity contribution in [2.75, 3.05) is 19.7 Å². The largest absolute Gasteiger partial charge is 0.395 e. The van der Waals surface area contributed by atoms with Gasteiger partial charge in [-0.25, -0.2) is 0 Å². The van der Waals surface area contributed by atoms with Crippen LogP contribution in [0.25, 0.3) is 0 Å². The van der Waals surface area contributed by atoms with Crippen LogP contribution in [0.2, 0.25) is 0 Å². The van der Waals surface area contributed by atoms with E-state index in [0.717, 1.165) is 35.0 Å². The van der Waals surface area contributed by atoms with Gasteiger partial charge in [0.05, 0.1) is 6.61 Å². The third-order valence-corrected chi connectivity index (χ3v) is 3.33. The molecule has 1 aliphatic heterocycles. The molecule has 0 saturated heterocycles. The average Bonchev–Trinajstić information content (AvgIpc) is 2.42. The van der Waals surface area contributed by atoms with E-state index in [1.165, 1.54) is 0 Å². The topological polar surface area (TPSA) is 40.5 Å². The summed E-state index contributed by atoms with van der Waals surface area (Å²) < 4.78 is 0.922. The van der Waals surface area contributed by atoms with Crippen molar-refractivity contribution in [3.63, 3.8) is 0 Å². The van der Waals surface area contributed by atoms with Crippen LogP contribution in [-0.2, 0) is 6.42 Å². The van der Waals surface area contributed by atoms with Gasteiger partial charge >= 0.3 is 0 Å². The van der Waals surface area contributed by atoms with E-state index in [1.807, 2.05) is 18.2 Å². The second kappa shape index (κ2) is 4.97. The summed E-state index contributed by atoms with van der Waals surface area (Å²) in [6.45, 7) is 1.17. The van der Waals surface area contributed by atoms with Gasteiger partial charge in [0.1, 0.15) is 0 Å². The van der Waals surface area contributed by atoms with E-state index in [1.54, 1.807) is 4.90 Å². The number of hydrogen-bond donors (Lipinski definition) is 1. The fourth-order valence-electron chi connectivity index (χ4n) is 2.03. The molecule has 0 spiro atoms. The normalized spacial score (nSPS) is 15.9. The third-order valence-electron chi connectivity index (χ3n) is 2.83. The first-order valence-corrected chi connectivity index (χ1v) is 6.20. The molecule has 0 atom stereocenters. The fraction of sp³-hybridized carbons (Fsp3) is 0.417. The zero-order chi connectivity index (χ0) is 11.5. The fourth-order valence-corrected chi connectivity index (χ4v) is 2.39. The number of nitrogens with zero attached hydrogens (tertiary/aromatic N) is 1. The maximum Gasteiger partial charge on any atom is 0.254 e. The Morgan fingerprint density at radius 2 is 2.25 bits per heavy atom. The molecule has 3 nitrogen and oxygen atoms in total. The van der Waals surface area contributed by atoms with Gasteiger partial charge in [-0.05, 0) is 30.5 Å². The first-order chi connectivity index (χ1) is 7.72. The summed E-state index contributed by atoms with van der Waals surface area (Å²) in [5.74, 6) is 0.0304. The van der Waals surface area contributed by atoms with E-state index in [0.29, 0.717) is 6.54 Å². The van der Waals surface area contributed by atoms with Crippen LogP contribution in [0.15, 0.2) is 22.7 Å². The standard InChI is InChI=1S/C12H14BrNO2/c13-10-4-3-9-2-1-5-14(6-7-15)12(16)11(9)8-10/h3-4,8,15H,1-2,5-7H2. The molecule has 4 heteroatoms. The van der Waals surface area contributed by atoms with Gasteiger partial charge in [0.15, 0.2) is 0 Å². The number of carbonyl (C=O) groups is 1. The number of β-amino-alcohol motifs (C(OH)–C–C–N with tert-alkyl or cyclic N) is 1. The molecular formula is C12H14BrNO2. The number of aryl methyl sites for hydroxylation is 1. The summed E-state index contributed by atoms with van der Waals surface area (Å²) in [6, 6.07) is 5.83. The summed E-state index contributed by atoms with van der Waals surface area (Å²) in [7, 11) is 0. The highest BCUT2D eigenvalue weighted by Gasteiger charge is 2.21. The predicted molar refractivity (Wildman–Crippen MR) is 65.5 cm³/mol. The minimum absolute atomic E-state index is 0.0229. The molecular weight excluding hydrogens is 270 g/mol. The Morgan fingerprint density at radius 1 is 1.44 bits per heavy atom. The number of aliphatic hydroxyl groups excluding tert-OH is 1. The maximum atomic E-state index is 12.2. The summed E-state index contributed by atoms with van der Waals surface area (Å²) in [4.78, 5) is 13.9. The zero-order valence-electron chi connectivity index (χ0n) is 8.95. The molecule has 0 unspecified atom stereocenters. The molecule has 0 radical (unpaired) electrons. The van der Waals surface area contributed by atoms with Crippen LogP contribution in [0.4, 0.5) is 0 Å². The number of aliphatic hydroxyl groups is 1. The van der Waals surface area contributed by atoms with Gasteiger partial charge in [0.2, 0.25) is 0 Å². The molecule has 1 aliphatic rings. The first kappa shape index (κ1) is 11.6.